The zero-order valence-corrected chi connectivity index (χ0v) is 13.9. The van der Waals surface area contributed by atoms with Gasteiger partial charge in [0.05, 0.1) is 12.8 Å². The first-order chi connectivity index (χ1) is 11.8. The molecule has 24 heavy (non-hydrogen) atoms. The third-order valence-corrected chi connectivity index (χ3v) is 4.01. The number of rotatable bonds is 6. The van der Waals surface area contributed by atoms with Gasteiger partial charge >= 0.3 is 0 Å². The Morgan fingerprint density at radius 2 is 1.79 bits per heavy atom. The molecular weight excluding hydrogens is 324 g/mol. The molecule has 0 unspecified atom stereocenters. The standard InChI is InChI=1S/C18H16N2O3S/c1-22-15-9-5-6-10-16(15)23-11-17(21)20-18-19-14(12-24-18)13-7-3-2-4-8-13/h2-10,12H,11H2,1H3,(H,19,20,21). The fourth-order valence-electron chi connectivity index (χ4n) is 2.11. The molecule has 5 nitrogen and oxygen atoms in total. The van der Waals surface area contributed by atoms with E-state index in [1.54, 1.807) is 19.2 Å². The lowest BCUT2D eigenvalue weighted by Crippen LogP contribution is -2.20. The van der Waals surface area contributed by atoms with Gasteiger partial charge in [-0.2, -0.15) is 0 Å². The lowest BCUT2D eigenvalue weighted by Gasteiger charge is -2.09. The molecule has 0 spiro atoms. The molecule has 1 heterocycles. The summed E-state index contributed by atoms with van der Waals surface area (Å²) in [7, 11) is 1.56. The number of thiazole rings is 1. The van der Waals surface area contributed by atoms with Crippen LogP contribution < -0.4 is 14.8 Å². The van der Waals surface area contributed by atoms with E-state index in [1.807, 2.05) is 47.8 Å². The number of methoxy groups -OCH3 is 1. The summed E-state index contributed by atoms with van der Waals surface area (Å²) in [6.45, 7) is -0.110. The van der Waals surface area contributed by atoms with Crippen molar-refractivity contribution >= 4 is 22.4 Å². The summed E-state index contributed by atoms with van der Waals surface area (Å²) < 4.78 is 10.7. The highest BCUT2D eigenvalue weighted by atomic mass is 32.1. The van der Waals surface area contributed by atoms with E-state index in [9.17, 15) is 4.79 Å². The molecule has 0 saturated heterocycles. The van der Waals surface area contributed by atoms with Crippen molar-refractivity contribution in [2.75, 3.05) is 19.0 Å². The molecule has 3 aromatic rings. The van der Waals surface area contributed by atoms with Crippen molar-refractivity contribution in [2.45, 2.75) is 0 Å². The number of hydrogen-bond donors (Lipinski definition) is 1. The Hall–Kier alpha value is -2.86. The van der Waals surface area contributed by atoms with Crippen LogP contribution in [-0.2, 0) is 4.79 Å². The van der Waals surface area contributed by atoms with Gasteiger partial charge in [-0.05, 0) is 12.1 Å². The SMILES string of the molecule is COc1ccccc1OCC(=O)Nc1nc(-c2ccccc2)cs1. The number of benzene rings is 2. The first-order valence-electron chi connectivity index (χ1n) is 7.33. The van der Waals surface area contributed by atoms with Crippen LogP contribution in [0.25, 0.3) is 11.3 Å². The minimum atomic E-state index is -0.269. The second-order valence-electron chi connectivity index (χ2n) is 4.89. The highest BCUT2D eigenvalue weighted by molar-refractivity contribution is 7.14. The minimum absolute atomic E-state index is 0.110. The van der Waals surface area contributed by atoms with Crippen molar-refractivity contribution in [2.24, 2.45) is 0 Å². The molecule has 1 amide bonds. The number of carbonyl (C=O) groups is 1. The number of carbonyl (C=O) groups excluding carboxylic acids is 1. The van der Waals surface area contributed by atoms with Crippen LogP contribution in [-0.4, -0.2) is 24.6 Å². The highest BCUT2D eigenvalue weighted by Crippen LogP contribution is 2.26. The van der Waals surface area contributed by atoms with E-state index in [-0.39, 0.29) is 12.5 Å². The van der Waals surface area contributed by atoms with Crippen LogP contribution in [0.4, 0.5) is 5.13 Å². The predicted octanol–water partition coefficient (Wildman–Crippen LogP) is 3.84. The number of hydrogen-bond acceptors (Lipinski definition) is 5. The van der Waals surface area contributed by atoms with Crippen molar-refractivity contribution in [1.29, 1.82) is 0 Å². The summed E-state index contributed by atoms with van der Waals surface area (Å²) >= 11 is 1.38. The molecule has 0 aliphatic heterocycles. The van der Waals surface area contributed by atoms with Crippen LogP contribution in [0.5, 0.6) is 11.5 Å². The summed E-state index contributed by atoms with van der Waals surface area (Å²) in [6, 6.07) is 17.0. The molecule has 1 aromatic heterocycles. The summed E-state index contributed by atoms with van der Waals surface area (Å²) in [6.07, 6.45) is 0. The summed E-state index contributed by atoms with van der Waals surface area (Å²) in [5.41, 5.74) is 1.85. The number of aromatic nitrogens is 1. The Labute approximate surface area is 143 Å². The Morgan fingerprint density at radius 1 is 1.08 bits per heavy atom. The van der Waals surface area contributed by atoms with Gasteiger partial charge in [-0.15, -0.1) is 11.3 Å². The van der Waals surface area contributed by atoms with Gasteiger partial charge in [0.15, 0.2) is 23.2 Å². The first-order valence-corrected chi connectivity index (χ1v) is 8.21. The normalized spacial score (nSPS) is 10.2. The second kappa shape index (κ2) is 7.61. The molecule has 2 aromatic carbocycles. The van der Waals surface area contributed by atoms with Gasteiger partial charge in [-0.3, -0.25) is 10.1 Å². The van der Waals surface area contributed by atoms with E-state index in [2.05, 4.69) is 10.3 Å². The zero-order valence-electron chi connectivity index (χ0n) is 13.1. The van der Waals surface area contributed by atoms with E-state index in [1.165, 1.54) is 11.3 Å². The Balaban J connectivity index is 1.58. The Morgan fingerprint density at radius 3 is 2.54 bits per heavy atom. The zero-order chi connectivity index (χ0) is 16.8. The van der Waals surface area contributed by atoms with Crippen molar-refractivity contribution in [1.82, 2.24) is 4.98 Å². The molecule has 6 heteroatoms. The molecule has 0 saturated carbocycles. The third-order valence-electron chi connectivity index (χ3n) is 3.25. The average Bonchev–Trinajstić information content (AvgIpc) is 3.09. The molecule has 0 radical (unpaired) electrons. The van der Waals surface area contributed by atoms with Gasteiger partial charge in [0.25, 0.3) is 5.91 Å². The van der Waals surface area contributed by atoms with Crippen LogP contribution in [0.2, 0.25) is 0 Å². The highest BCUT2D eigenvalue weighted by Gasteiger charge is 2.10. The second-order valence-corrected chi connectivity index (χ2v) is 5.75. The molecule has 0 bridgehead atoms. The third kappa shape index (κ3) is 3.91. The van der Waals surface area contributed by atoms with Crippen LogP contribution in [0.3, 0.4) is 0 Å². The van der Waals surface area contributed by atoms with E-state index < -0.39 is 0 Å². The smallest absolute Gasteiger partial charge is 0.264 e. The fraction of sp³-hybridized carbons (Fsp3) is 0.111. The molecule has 1 N–H and O–H groups in total. The summed E-state index contributed by atoms with van der Waals surface area (Å²) in [4.78, 5) is 16.4. The number of amides is 1. The summed E-state index contributed by atoms with van der Waals surface area (Å²) in [5.74, 6) is 0.847. The molecule has 0 aliphatic carbocycles. The lowest BCUT2D eigenvalue weighted by atomic mass is 10.2. The van der Waals surface area contributed by atoms with Crippen LogP contribution in [0.1, 0.15) is 0 Å². The molecular formula is C18H16N2O3S. The lowest BCUT2D eigenvalue weighted by molar-refractivity contribution is -0.118. The predicted molar refractivity (Wildman–Crippen MR) is 94.7 cm³/mol. The van der Waals surface area contributed by atoms with Crippen molar-refractivity contribution in [3.05, 3.63) is 60.0 Å². The number of ether oxygens (including phenoxy) is 2. The van der Waals surface area contributed by atoms with Gasteiger partial charge in [0.1, 0.15) is 0 Å². The summed E-state index contributed by atoms with van der Waals surface area (Å²) in [5, 5.41) is 5.20. The molecule has 122 valence electrons. The Bertz CT molecular complexity index is 818. The van der Waals surface area contributed by atoms with Gasteiger partial charge in [0.2, 0.25) is 0 Å². The first kappa shape index (κ1) is 16.0. The largest absolute Gasteiger partial charge is 0.493 e. The van der Waals surface area contributed by atoms with E-state index in [0.717, 1.165) is 11.3 Å². The van der Waals surface area contributed by atoms with Gasteiger partial charge in [0, 0.05) is 10.9 Å². The number of nitrogens with zero attached hydrogens (tertiary/aromatic N) is 1. The van der Waals surface area contributed by atoms with Crippen molar-refractivity contribution in [3.8, 4) is 22.8 Å². The maximum absolute atomic E-state index is 12.0. The minimum Gasteiger partial charge on any atom is -0.493 e. The molecule has 0 atom stereocenters. The number of nitrogens with one attached hydrogen (secondary N) is 1. The van der Waals surface area contributed by atoms with E-state index >= 15 is 0 Å². The van der Waals surface area contributed by atoms with Crippen LogP contribution in [0.15, 0.2) is 60.0 Å². The molecule has 3 rings (SSSR count). The topological polar surface area (TPSA) is 60.5 Å². The van der Waals surface area contributed by atoms with Gasteiger partial charge < -0.3 is 9.47 Å². The van der Waals surface area contributed by atoms with Crippen LogP contribution >= 0.6 is 11.3 Å². The number of anilines is 1. The van der Waals surface area contributed by atoms with Crippen molar-refractivity contribution < 1.29 is 14.3 Å². The van der Waals surface area contributed by atoms with Gasteiger partial charge in [-0.25, -0.2) is 4.98 Å². The van der Waals surface area contributed by atoms with Crippen LogP contribution in [0, 0.1) is 0 Å². The average molecular weight is 340 g/mol. The van der Waals surface area contributed by atoms with Crippen molar-refractivity contribution in [3.63, 3.8) is 0 Å². The number of para-hydroxylation sites is 2. The van der Waals surface area contributed by atoms with Gasteiger partial charge in [-0.1, -0.05) is 42.5 Å². The maximum atomic E-state index is 12.0. The van der Waals surface area contributed by atoms with E-state index in [0.29, 0.717) is 16.6 Å². The maximum Gasteiger partial charge on any atom is 0.264 e. The molecule has 0 aliphatic rings. The quantitative estimate of drug-likeness (QED) is 0.741. The van der Waals surface area contributed by atoms with E-state index in [4.69, 9.17) is 9.47 Å². The fourth-order valence-corrected chi connectivity index (χ4v) is 2.85. The monoisotopic (exact) mass is 340 g/mol. The molecule has 0 fully saturated rings. The Kier molecular flexibility index (Phi) is 5.08.